The van der Waals surface area contributed by atoms with Crippen molar-refractivity contribution in [2.75, 3.05) is 45.3 Å². The van der Waals surface area contributed by atoms with Crippen molar-refractivity contribution in [2.24, 2.45) is 5.73 Å². The van der Waals surface area contributed by atoms with Gasteiger partial charge in [-0.15, -0.1) is 11.3 Å². The van der Waals surface area contributed by atoms with E-state index < -0.39 is 11.9 Å². The number of benzene rings is 1. The van der Waals surface area contributed by atoms with E-state index in [1.54, 1.807) is 11.8 Å². The van der Waals surface area contributed by atoms with Crippen LogP contribution >= 0.6 is 11.3 Å². The summed E-state index contributed by atoms with van der Waals surface area (Å²) in [6.07, 6.45) is 0. The zero-order chi connectivity index (χ0) is 21.2. The Balaban J connectivity index is 2.22. The number of hydrogen-bond donors (Lipinski definition) is 2. The number of amides is 2. The van der Waals surface area contributed by atoms with Gasteiger partial charge >= 0.3 is 5.97 Å². The molecule has 0 saturated heterocycles. The third kappa shape index (κ3) is 6.67. The van der Waals surface area contributed by atoms with E-state index in [-0.39, 0.29) is 25.6 Å². The van der Waals surface area contributed by atoms with E-state index in [1.165, 1.54) is 18.4 Å². The third-order valence-corrected chi connectivity index (χ3v) is 4.86. The fourth-order valence-electron chi connectivity index (χ4n) is 2.71. The molecule has 29 heavy (non-hydrogen) atoms. The summed E-state index contributed by atoms with van der Waals surface area (Å²) in [6.45, 7) is 2.54. The molecule has 0 aliphatic heterocycles. The molecule has 0 bridgehead atoms. The smallest absolute Gasteiger partial charge is 0.341 e. The quantitative estimate of drug-likeness (QED) is 0.539. The van der Waals surface area contributed by atoms with Gasteiger partial charge in [0.15, 0.2) is 0 Å². The van der Waals surface area contributed by atoms with Gasteiger partial charge in [0.2, 0.25) is 11.8 Å². The molecular weight excluding hydrogens is 394 g/mol. The maximum Gasteiger partial charge on any atom is 0.341 e. The molecule has 0 atom stereocenters. The van der Waals surface area contributed by atoms with Crippen LogP contribution in [0.5, 0.6) is 0 Å². The van der Waals surface area contributed by atoms with Crippen LogP contribution in [0.1, 0.15) is 17.3 Å². The van der Waals surface area contributed by atoms with Crippen molar-refractivity contribution >= 4 is 34.1 Å². The molecule has 1 heterocycles. The number of ether oxygens (including phenoxy) is 2. The highest BCUT2D eigenvalue weighted by molar-refractivity contribution is 7.15. The number of anilines is 1. The summed E-state index contributed by atoms with van der Waals surface area (Å²) in [5, 5.41) is 4.97. The predicted molar refractivity (Wildman–Crippen MR) is 112 cm³/mol. The van der Waals surface area contributed by atoms with E-state index in [4.69, 9.17) is 15.2 Å². The van der Waals surface area contributed by atoms with E-state index in [1.807, 2.05) is 35.7 Å². The van der Waals surface area contributed by atoms with E-state index in [0.717, 1.165) is 5.56 Å². The summed E-state index contributed by atoms with van der Waals surface area (Å²) in [5.74, 6) is -1.41. The van der Waals surface area contributed by atoms with Crippen molar-refractivity contribution in [3.05, 3.63) is 41.3 Å². The summed E-state index contributed by atoms with van der Waals surface area (Å²) in [7, 11) is 1.53. The van der Waals surface area contributed by atoms with Crippen LogP contribution in [0.25, 0.3) is 11.1 Å². The fraction of sp³-hybridized carbons (Fsp3) is 0.350. The Hall–Kier alpha value is -2.75. The molecule has 0 saturated carbocycles. The summed E-state index contributed by atoms with van der Waals surface area (Å²) in [6, 6.07) is 9.40. The first-order valence-corrected chi connectivity index (χ1v) is 9.97. The van der Waals surface area contributed by atoms with Gasteiger partial charge < -0.3 is 20.5 Å². The van der Waals surface area contributed by atoms with Gasteiger partial charge in [-0.05, 0) is 12.5 Å². The number of nitrogens with two attached hydrogens (primary N) is 1. The second-order valence-corrected chi connectivity index (χ2v) is 7.04. The Morgan fingerprint density at radius 3 is 2.52 bits per heavy atom. The molecule has 3 N–H and O–H groups in total. The van der Waals surface area contributed by atoms with Crippen molar-refractivity contribution in [1.29, 1.82) is 0 Å². The highest BCUT2D eigenvalue weighted by atomic mass is 32.1. The van der Waals surface area contributed by atoms with Gasteiger partial charge in [0.1, 0.15) is 10.6 Å². The molecule has 0 spiro atoms. The van der Waals surface area contributed by atoms with E-state index >= 15 is 0 Å². The summed E-state index contributed by atoms with van der Waals surface area (Å²) in [5.41, 5.74) is 7.10. The largest absolute Gasteiger partial charge is 0.462 e. The maximum absolute atomic E-state index is 12.6. The minimum absolute atomic E-state index is 0.0624. The average Bonchev–Trinajstić information content (AvgIpc) is 3.10. The number of methoxy groups -OCH3 is 1. The van der Waals surface area contributed by atoms with Gasteiger partial charge in [-0.3, -0.25) is 14.5 Å². The van der Waals surface area contributed by atoms with Crippen LogP contribution in [0.2, 0.25) is 0 Å². The lowest BCUT2D eigenvalue weighted by Gasteiger charge is -2.19. The lowest BCUT2D eigenvalue weighted by molar-refractivity contribution is -0.121. The first kappa shape index (κ1) is 22.5. The van der Waals surface area contributed by atoms with E-state index in [0.29, 0.717) is 29.3 Å². The molecule has 2 rings (SSSR count). The van der Waals surface area contributed by atoms with Crippen molar-refractivity contribution < 1.29 is 23.9 Å². The Morgan fingerprint density at radius 1 is 1.17 bits per heavy atom. The average molecular weight is 420 g/mol. The molecule has 1 aromatic carbocycles. The molecule has 2 aromatic rings. The second-order valence-electron chi connectivity index (χ2n) is 6.16. The van der Waals surface area contributed by atoms with Gasteiger partial charge in [0.25, 0.3) is 0 Å². The van der Waals surface area contributed by atoms with Gasteiger partial charge in [-0.1, -0.05) is 30.3 Å². The Morgan fingerprint density at radius 2 is 1.90 bits per heavy atom. The number of esters is 1. The molecule has 8 nitrogen and oxygen atoms in total. The third-order valence-electron chi connectivity index (χ3n) is 3.97. The lowest BCUT2D eigenvalue weighted by Crippen LogP contribution is -2.40. The van der Waals surface area contributed by atoms with Gasteiger partial charge in [0, 0.05) is 24.6 Å². The first-order chi connectivity index (χ1) is 14.0. The minimum atomic E-state index is -0.538. The molecular formula is C20H25N3O5S. The molecule has 156 valence electrons. The van der Waals surface area contributed by atoms with Crippen LogP contribution in [-0.2, 0) is 19.1 Å². The number of nitrogens with zero attached hydrogens (tertiary/aromatic N) is 1. The Kier molecular flexibility index (Phi) is 8.78. The SMILES string of the molecule is CCOC(=O)c1c(-c2ccccc2)csc1NC(=O)CN(CCOC)CC(N)=O. The number of nitrogens with one attached hydrogen (secondary N) is 1. The van der Waals surface area contributed by atoms with Crippen LogP contribution in [0, 0.1) is 0 Å². The van der Waals surface area contributed by atoms with Gasteiger partial charge in [-0.25, -0.2) is 4.79 Å². The highest BCUT2D eigenvalue weighted by Crippen LogP contribution is 2.36. The number of primary amides is 1. The molecule has 0 fully saturated rings. The van der Waals surface area contributed by atoms with Crippen molar-refractivity contribution in [3.63, 3.8) is 0 Å². The van der Waals surface area contributed by atoms with Crippen LogP contribution < -0.4 is 11.1 Å². The van der Waals surface area contributed by atoms with Crippen molar-refractivity contribution in [1.82, 2.24) is 4.90 Å². The molecule has 0 aliphatic carbocycles. The van der Waals surface area contributed by atoms with E-state index in [9.17, 15) is 14.4 Å². The lowest BCUT2D eigenvalue weighted by atomic mass is 10.0. The van der Waals surface area contributed by atoms with Crippen LogP contribution in [-0.4, -0.2) is 62.6 Å². The van der Waals surface area contributed by atoms with Crippen LogP contribution in [0.15, 0.2) is 35.7 Å². The maximum atomic E-state index is 12.6. The minimum Gasteiger partial charge on any atom is -0.462 e. The molecule has 0 unspecified atom stereocenters. The Labute approximate surface area is 173 Å². The number of carbonyl (C=O) groups excluding carboxylic acids is 3. The van der Waals surface area contributed by atoms with Crippen LogP contribution in [0.3, 0.4) is 0 Å². The molecule has 0 aliphatic rings. The number of thiophene rings is 1. The zero-order valence-electron chi connectivity index (χ0n) is 16.5. The van der Waals surface area contributed by atoms with Crippen LogP contribution in [0.4, 0.5) is 5.00 Å². The topological polar surface area (TPSA) is 111 Å². The molecule has 2 amide bonds. The van der Waals surface area contributed by atoms with Crippen molar-refractivity contribution in [2.45, 2.75) is 6.92 Å². The molecule has 9 heteroatoms. The monoisotopic (exact) mass is 419 g/mol. The first-order valence-electron chi connectivity index (χ1n) is 9.09. The van der Waals surface area contributed by atoms with Crippen molar-refractivity contribution in [3.8, 4) is 11.1 Å². The number of hydrogen-bond acceptors (Lipinski definition) is 7. The normalized spacial score (nSPS) is 10.7. The van der Waals surface area contributed by atoms with Gasteiger partial charge in [-0.2, -0.15) is 0 Å². The summed E-state index contributed by atoms with van der Waals surface area (Å²) < 4.78 is 10.2. The number of carbonyl (C=O) groups is 3. The predicted octanol–water partition coefficient (Wildman–Crippen LogP) is 1.96. The Bertz CT molecular complexity index is 838. The molecule has 0 radical (unpaired) electrons. The van der Waals surface area contributed by atoms with Gasteiger partial charge in [0.05, 0.1) is 26.3 Å². The summed E-state index contributed by atoms with van der Waals surface area (Å²) in [4.78, 5) is 37.9. The molecule has 1 aromatic heterocycles. The van der Waals surface area contributed by atoms with E-state index in [2.05, 4.69) is 5.32 Å². The number of rotatable bonds is 11. The fourth-order valence-corrected chi connectivity index (χ4v) is 3.68. The zero-order valence-corrected chi connectivity index (χ0v) is 17.3. The second kappa shape index (κ2) is 11.3. The standard InChI is InChI=1S/C20H25N3O5S/c1-3-28-20(26)18-15(14-7-5-4-6-8-14)13-29-19(18)22-17(25)12-23(9-10-27-2)11-16(21)24/h4-8,13H,3,9-12H2,1-2H3,(H2,21,24)(H,22,25). The summed E-state index contributed by atoms with van der Waals surface area (Å²) >= 11 is 1.24. The highest BCUT2D eigenvalue weighted by Gasteiger charge is 2.23.